The fraction of sp³-hybridized carbons (Fsp3) is 0.368. The van der Waals surface area contributed by atoms with Gasteiger partial charge in [-0.3, -0.25) is 9.78 Å². The predicted octanol–water partition coefficient (Wildman–Crippen LogP) is 2.28. The second-order valence-electron chi connectivity index (χ2n) is 6.24. The first-order valence-electron chi connectivity index (χ1n) is 8.21. The molecule has 0 radical (unpaired) electrons. The number of morpholine rings is 1. The number of ether oxygens (including phenoxy) is 1. The molecular formula is C19H23N3O2. The molecule has 0 spiro atoms. The summed E-state index contributed by atoms with van der Waals surface area (Å²) in [5.41, 5.74) is 3.64. The van der Waals surface area contributed by atoms with Gasteiger partial charge in [0, 0.05) is 31.4 Å². The molecule has 0 aliphatic carbocycles. The Labute approximate surface area is 142 Å². The largest absolute Gasteiger partial charge is 0.378 e. The van der Waals surface area contributed by atoms with Crippen molar-refractivity contribution >= 4 is 5.91 Å². The molecule has 126 valence electrons. The van der Waals surface area contributed by atoms with Crippen molar-refractivity contribution in [1.29, 1.82) is 0 Å². The number of hydrogen-bond acceptors (Lipinski definition) is 4. The molecular weight excluding hydrogens is 302 g/mol. The van der Waals surface area contributed by atoms with E-state index in [2.05, 4.69) is 22.0 Å². The zero-order valence-corrected chi connectivity index (χ0v) is 14.2. The zero-order chi connectivity index (χ0) is 16.9. The van der Waals surface area contributed by atoms with Gasteiger partial charge in [-0.05, 0) is 37.4 Å². The van der Waals surface area contributed by atoms with Crippen LogP contribution in [0.1, 0.15) is 16.1 Å². The molecule has 1 amide bonds. The Hall–Kier alpha value is -2.24. The predicted molar refractivity (Wildman–Crippen MR) is 93.8 cm³/mol. The van der Waals surface area contributed by atoms with E-state index in [0.29, 0.717) is 32.0 Å². The first-order valence-corrected chi connectivity index (χ1v) is 8.21. The SMILES string of the molecule is CN(C)Cc1cccc(-c2cccnc2C(=O)N2CCOCC2)c1. The van der Waals surface area contributed by atoms with E-state index in [-0.39, 0.29) is 5.91 Å². The summed E-state index contributed by atoms with van der Waals surface area (Å²) in [6.45, 7) is 3.28. The van der Waals surface area contributed by atoms with Gasteiger partial charge in [0.25, 0.3) is 5.91 Å². The van der Waals surface area contributed by atoms with Crippen LogP contribution in [-0.4, -0.2) is 61.1 Å². The van der Waals surface area contributed by atoms with E-state index in [1.54, 1.807) is 6.20 Å². The van der Waals surface area contributed by atoms with E-state index >= 15 is 0 Å². The Bertz CT molecular complexity index is 709. The topological polar surface area (TPSA) is 45.7 Å². The van der Waals surface area contributed by atoms with Crippen molar-refractivity contribution in [2.24, 2.45) is 0 Å². The van der Waals surface area contributed by atoms with Crippen LogP contribution < -0.4 is 0 Å². The molecule has 24 heavy (non-hydrogen) atoms. The monoisotopic (exact) mass is 325 g/mol. The molecule has 2 aromatic rings. The first-order chi connectivity index (χ1) is 11.6. The van der Waals surface area contributed by atoms with Crippen LogP contribution in [0.5, 0.6) is 0 Å². The summed E-state index contributed by atoms with van der Waals surface area (Å²) >= 11 is 0. The maximum atomic E-state index is 12.9. The standard InChI is InChI=1S/C19H23N3O2/c1-21(2)14-15-5-3-6-16(13-15)17-7-4-8-20-18(17)19(23)22-9-11-24-12-10-22/h3-8,13H,9-12,14H2,1-2H3. The van der Waals surface area contributed by atoms with Crippen molar-refractivity contribution in [3.8, 4) is 11.1 Å². The molecule has 0 atom stereocenters. The molecule has 1 fully saturated rings. The Kier molecular flexibility index (Phi) is 5.23. The Morgan fingerprint density at radius 2 is 2.00 bits per heavy atom. The average Bonchev–Trinajstić information content (AvgIpc) is 2.61. The normalized spacial score (nSPS) is 14.9. The van der Waals surface area contributed by atoms with Crippen LogP contribution in [0.2, 0.25) is 0 Å². The molecule has 5 nitrogen and oxygen atoms in total. The lowest BCUT2D eigenvalue weighted by Crippen LogP contribution is -2.41. The van der Waals surface area contributed by atoms with Crippen LogP contribution in [0.25, 0.3) is 11.1 Å². The number of carbonyl (C=O) groups excluding carboxylic acids is 1. The van der Waals surface area contributed by atoms with Crippen LogP contribution in [0.4, 0.5) is 0 Å². The van der Waals surface area contributed by atoms with Crippen LogP contribution in [0, 0.1) is 0 Å². The van der Waals surface area contributed by atoms with Gasteiger partial charge in [-0.15, -0.1) is 0 Å². The second-order valence-corrected chi connectivity index (χ2v) is 6.24. The Morgan fingerprint density at radius 3 is 2.75 bits per heavy atom. The molecule has 1 aliphatic heterocycles. The van der Waals surface area contributed by atoms with Gasteiger partial charge in [-0.1, -0.05) is 24.3 Å². The average molecular weight is 325 g/mol. The highest BCUT2D eigenvalue weighted by molar-refractivity contribution is 5.99. The molecule has 1 aromatic heterocycles. The summed E-state index contributed by atoms with van der Waals surface area (Å²) in [4.78, 5) is 21.2. The van der Waals surface area contributed by atoms with Gasteiger partial charge in [0.1, 0.15) is 5.69 Å². The fourth-order valence-corrected chi connectivity index (χ4v) is 2.93. The molecule has 2 heterocycles. The van der Waals surface area contributed by atoms with Gasteiger partial charge >= 0.3 is 0 Å². The van der Waals surface area contributed by atoms with E-state index in [0.717, 1.165) is 17.7 Å². The first kappa shape index (κ1) is 16.6. The minimum absolute atomic E-state index is 0.0214. The highest BCUT2D eigenvalue weighted by Crippen LogP contribution is 2.25. The van der Waals surface area contributed by atoms with E-state index in [4.69, 9.17) is 4.74 Å². The number of benzene rings is 1. The summed E-state index contributed by atoms with van der Waals surface area (Å²) < 4.78 is 5.33. The maximum absolute atomic E-state index is 12.9. The number of amides is 1. The highest BCUT2D eigenvalue weighted by Gasteiger charge is 2.22. The smallest absolute Gasteiger partial charge is 0.273 e. The number of rotatable bonds is 4. The molecule has 0 N–H and O–H groups in total. The minimum atomic E-state index is -0.0214. The van der Waals surface area contributed by atoms with Crippen molar-refractivity contribution in [2.75, 3.05) is 40.4 Å². The number of aromatic nitrogens is 1. The van der Waals surface area contributed by atoms with Gasteiger partial charge < -0.3 is 14.5 Å². The van der Waals surface area contributed by atoms with Crippen molar-refractivity contribution < 1.29 is 9.53 Å². The van der Waals surface area contributed by atoms with Crippen molar-refractivity contribution in [3.05, 3.63) is 53.9 Å². The molecule has 1 aliphatic rings. The molecule has 0 unspecified atom stereocenters. The fourth-order valence-electron chi connectivity index (χ4n) is 2.93. The van der Waals surface area contributed by atoms with Gasteiger partial charge in [0.15, 0.2) is 0 Å². The molecule has 5 heteroatoms. The van der Waals surface area contributed by atoms with Gasteiger partial charge in [0.05, 0.1) is 13.2 Å². The second kappa shape index (κ2) is 7.55. The third-order valence-corrected chi connectivity index (χ3v) is 4.05. The van der Waals surface area contributed by atoms with E-state index in [9.17, 15) is 4.79 Å². The lowest BCUT2D eigenvalue weighted by molar-refractivity contribution is 0.0299. The van der Waals surface area contributed by atoms with Crippen LogP contribution in [0.3, 0.4) is 0 Å². The lowest BCUT2D eigenvalue weighted by atomic mass is 10.0. The summed E-state index contributed by atoms with van der Waals surface area (Å²) in [6.07, 6.45) is 1.68. The maximum Gasteiger partial charge on any atom is 0.273 e. The zero-order valence-electron chi connectivity index (χ0n) is 14.2. The highest BCUT2D eigenvalue weighted by atomic mass is 16.5. The molecule has 0 saturated carbocycles. The molecule has 1 saturated heterocycles. The van der Waals surface area contributed by atoms with Gasteiger partial charge in [-0.25, -0.2) is 0 Å². The molecule has 0 bridgehead atoms. The summed E-state index contributed by atoms with van der Waals surface area (Å²) in [5, 5.41) is 0. The minimum Gasteiger partial charge on any atom is -0.378 e. The molecule has 1 aromatic carbocycles. The summed E-state index contributed by atoms with van der Waals surface area (Å²) in [7, 11) is 4.09. The van der Waals surface area contributed by atoms with Crippen molar-refractivity contribution in [3.63, 3.8) is 0 Å². The molecule has 3 rings (SSSR count). The van der Waals surface area contributed by atoms with Crippen molar-refractivity contribution in [2.45, 2.75) is 6.54 Å². The van der Waals surface area contributed by atoms with Crippen LogP contribution >= 0.6 is 0 Å². The number of nitrogens with zero attached hydrogens (tertiary/aromatic N) is 3. The number of pyridine rings is 1. The number of hydrogen-bond donors (Lipinski definition) is 0. The third-order valence-electron chi connectivity index (χ3n) is 4.05. The van der Waals surface area contributed by atoms with Crippen LogP contribution in [0.15, 0.2) is 42.6 Å². The van der Waals surface area contributed by atoms with E-state index in [1.165, 1.54) is 5.56 Å². The van der Waals surface area contributed by atoms with Crippen molar-refractivity contribution in [1.82, 2.24) is 14.8 Å². The van der Waals surface area contributed by atoms with Gasteiger partial charge in [-0.2, -0.15) is 0 Å². The Morgan fingerprint density at radius 1 is 1.21 bits per heavy atom. The third kappa shape index (κ3) is 3.80. The lowest BCUT2D eigenvalue weighted by Gasteiger charge is -2.27. The quantitative estimate of drug-likeness (QED) is 0.865. The number of carbonyl (C=O) groups is 1. The van der Waals surface area contributed by atoms with Gasteiger partial charge in [0.2, 0.25) is 0 Å². The van der Waals surface area contributed by atoms with Crippen LogP contribution in [-0.2, 0) is 11.3 Å². The van der Waals surface area contributed by atoms with E-state index in [1.807, 2.05) is 43.3 Å². The Balaban J connectivity index is 1.93. The van der Waals surface area contributed by atoms with E-state index < -0.39 is 0 Å². The summed E-state index contributed by atoms with van der Waals surface area (Å²) in [5.74, 6) is -0.0214. The summed E-state index contributed by atoms with van der Waals surface area (Å²) in [6, 6.07) is 12.1.